The van der Waals surface area contributed by atoms with Gasteiger partial charge in [-0.1, -0.05) is 30.3 Å². The zero-order chi connectivity index (χ0) is 13.6. The summed E-state index contributed by atoms with van der Waals surface area (Å²) in [5.41, 5.74) is 1.01. The number of hydrogen-bond donors (Lipinski definition) is 1. The second kappa shape index (κ2) is 12.5. The third-order valence-electron chi connectivity index (χ3n) is 2.49. The highest BCUT2D eigenvalue weighted by Crippen LogP contribution is 2.02. The molecular formula is C14H23NO2S. The summed E-state index contributed by atoms with van der Waals surface area (Å²) < 4.78 is 4.54. The molecule has 0 N–H and O–H groups in total. The first-order chi connectivity index (χ1) is 8.83. The lowest BCUT2D eigenvalue weighted by Gasteiger charge is -2.01. The van der Waals surface area contributed by atoms with Gasteiger partial charge in [-0.25, -0.2) is 0 Å². The van der Waals surface area contributed by atoms with Crippen LogP contribution < -0.4 is 0 Å². The number of ether oxygens (including phenoxy) is 1. The Morgan fingerprint density at radius 1 is 1.22 bits per heavy atom. The van der Waals surface area contributed by atoms with Crippen LogP contribution in [0.5, 0.6) is 0 Å². The summed E-state index contributed by atoms with van der Waals surface area (Å²) in [6, 6.07) is 9.55. The van der Waals surface area contributed by atoms with Gasteiger partial charge in [-0.3, -0.25) is 4.79 Å². The summed E-state index contributed by atoms with van der Waals surface area (Å²) in [7, 11) is 2.17. The third-order valence-corrected chi connectivity index (χ3v) is 2.49. The first-order valence-electron chi connectivity index (χ1n) is 6.05. The lowest BCUT2D eigenvalue weighted by molar-refractivity contribution is -0.129. The van der Waals surface area contributed by atoms with Crippen LogP contribution in [0.2, 0.25) is 0 Å². The summed E-state index contributed by atoms with van der Waals surface area (Å²) in [5, 5.41) is 0. The van der Waals surface area contributed by atoms with Crippen LogP contribution >= 0.6 is 12.6 Å². The van der Waals surface area contributed by atoms with Crippen LogP contribution in [-0.2, 0) is 16.1 Å². The molecule has 0 saturated carbocycles. The van der Waals surface area contributed by atoms with Crippen molar-refractivity contribution in [2.24, 2.45) is 0 Å². The second-order valence-corrected chi connectivity index (χ2v) is 3.90. The molecule has 0 unspecified atom stereocenters. The summed E-state index contributed by atoms with van der Waals surface area (Å²) >= 11 is 3.53. The van der Waals surface area contributed by atoms with E-state index in [1.807, 2.05) is 30.3 Å². The Labute approximate surface area is 116 Å². The molecule has 0 aliphatic carbocycles. The zero-order valence-corrected chi connectivity index (χ0v) is 12.1. The van der Waals surface area contributed by atoms with Crippen molar-refractivity contribution in [3.63, 3.8) is 0 Å². The van der Waals surface area contributed by atoms with E-state index in [2.05, 4.69) is 29.3 Å². The Balaban J connectivity index is 0.000000308. The van der Waals surface area contributed by atoms with E-state index in [-0.39, 0.29) is 0 Å². The molecule has 18 heavy (non-hydrogen) atoms. The number of rotatable bonds is 3. The smallest absolute Gasteiger partial charge is 0.293 e. The summed E-state index contributed by atoms with van der Waals surface area (Å²) in [6.07, 6.45) is 4.52. The summed E-state index contributed by atoms with van der Waals surface area (Å²) in [5.74, 6) is 0. The Morgan fingerprint density at radius 3 is 2.17 bits per heavy atom. The Hall–Kier alpha value is -1.00. The van der Waals surface area contributed by atoms with Gasteiger partial charge in [0.15, 0.2) is 0 Å². The van der Waals surface area contributed by atoms with E-state index in [1.54, 1.807) is 6.26 Å². The topological polar surface area (TPSA) is 29.5 Å². The standard InChI is InChI=1S/C8H8O2.C5H11N.CH4S/c9-7-10-6-8-4-2-1-3-5-8;1-6-4-2-3-5-6;1-2/h1-5,7H,6H2;2-5H2,1H3;2H,1H3. The van der Waals surface area contributed by atoms with Crippen LogP contribution in [0.25, 0.3) is 0 Å². The molecule has 1 aromatic rings. The summed E-state index contributed by atoms with van der Waals surface area (Å²) in [4.78, 5) is 12.1. The van der Waals surface area contributed by atoms with Gasteiger partial charge < -0.3 is 9.64 Å². The van der Waals surface area contributed by atoms with Crippen LogP contribution in [0.15, 0.2) is 30.3 Å². The first-order valence-corrected chi connectivity index (χ1v) is 6.95. The van der Waals surface area contributed by atoms with E-state index in [0.29, 0.717) is 13.1 Å². The predicted octanol–water partition coefficient (Wildman–Crippen LogP) is 2.62. The molecular weight excluding hydrogens is 246 g/mol. The molecule has 1 heterocycles. The fourth-order valence-corrected chi connectivity index (χ4v) is 1.58. The van der Waals surface area contributed by atoms with Crippen molar-refractivity contribution in [3.8, 4) is 0 Å². The fourth-order valence-electron chi connectivity index (χ4n) is 1.58. The Bertz CT molecular complexity index is 287. The van der Waals surface area contributed by atoms with Crippen molar-refractivity contribution in [2.45, 2.75) is 19.4 Å². The van der Waals surface area contributed by atoms with E-state index in [9.17, 15) is 4.79 Å². The average Bonchev–Trinajstić information content (AvgIpc) is 2.92. The molecule has 1 aliphatic heterocycles. The Kier molecular flexibility index (Phi) is 11.8. The van der Waals surface area contributed by atoms with Crippen molar-refractivity contribution in [1.29, 1.82) is 0 Å². The van der Waals surface area contributed by atoms with E-state index >= 15 is 0 Å². The van der Waals surface area contributed by atoms with E-state index in [1.165, 1.54) is 25.9 Å². The van der Waals surface area contributed by atoms with Gasteiger partial charge >= 0.3 is 0 Å². The Morgan fingerprint density at radius 2 is 1.78 bits per heavy atom. The SMILES string of the molecule is CN1CCCC1.CS.O=COCc1ccccc1. The summed E-state index contributed by atoms with van der Waals surface area (Å²) in [6.45, 7) is 3.46. The molecule has 0 radical (unpaired) electrons. The normalized spacial score (nSPS) is 13.7. The number of hydrogen-bond acceptors (Lipinski definition) is 4. The monoisotopic (exact) mass is 269 g/mol. The molecule has 3 nitrogen and oxygen atoms in total. The molecule has 1 aromatic carbocycles. The van der Waals surface area contributed by atoms with Gasteiger partial charge in [-0.15, -0.1) is 0 Å². The molecule has 2 rings (SSSR count). The molecule has 0 atom stereocenters. The van der Waals surface area contributed by atoms with Gasteiger partial charge in [-0.2, -0.15) is 12.6 Å². The molecule has 1 saturated heterocycles. The molecule has 0 aromatic heterocycles. The highest BCUT2D eigenvalue weighted by atomic mass is 32.1. The van der Waals surface area contributed by atoms with Crippen molar-refractivity contribution in [2.75, 3.05) is 26.4 Å². The van der Waals surface area contributed by atoms with E-state index < -0.39 is 0 Å². The lowest BCUT2D eigenvalue weighted by atomic mass is 10.2. The van der Waals surface area contributed by atoms with Crippen molar-refractivity contribution >= 4 is 19.1 Å². The van der Waals surface area contributed by atoms with Gasteiger partial charge in [0.25, 0.3) is 6.47 Å². The second-order valence-electron chi connectivity index (χ2n) is 3.90. The van der Waals surface area contributed by atoms with E-state index in [4.69, 9.17) is 0 Å². The minimum Gasteiger partial charge on any atom is -0.463 e. The number of carbonyl (C=O) groups is 1. The maximum atomic E-state index is 9.76. The molecule has 0 bridgehead atoms. The lowest BCUT2D eigenvalue weighted by Crippen LogP contribution is -2.10. The van der Waals surface area contributed by atoms with Crippen LogP contribution in [-0.4, -0.2) is 37.8 Å². The molecule has 1 aliphatic rings. The number of benzene rings is 1. The molecule has 0 amide bonds. The minimum atomic E-state index is 0.365. The highest BCUT2D eigenvalue weighted by molar-refractivity contribution is 7.79. The van der Waals surface area contributed by atoms with Crippen LogP contribution in [0, 0.1) is 0 Å². The fraction of sp³-hybridized carbons (Fsp3) is 0.500. The zero-order valence-electron chi connectivity index (χ0n) is 11.2. The first kappa shape index (κ1) is 17.0. The number of carbonyl (C=O) groups excluding carboxylic acids is 1. The highest BCUT2D eigenvalue weighted by Gasteiger charge is 2.03. The molecule has 102 valence electrons. The van der Waals surface area contributed by atoms with Crippen molar-refractivity contribution in [1.82, 2.24) is 4.90 Å². The number of likely N-dealkylation sites (tertiary alicyclic amines) is 1. The maximum absolute atomic E-state index is 9.76. The average molecular weight is 269 g/mol. The molecule has 0 spiro atoms. The number of thiol groups is 1. The van der Waals surface area contributed by atoms with Crippen molar-refractivity contribution in [3.05, 3.63) is 35.9 Å². The number of nitrogens with zero attached hydrogens (tertiary/aromatic N) is 1. The van der Waals surface area contributed by atoms with Crippen LogP contribution in [0.4, 0.5) is 0 Å². The molecule has 4 heteroatoms. The minimum absolute atomic E-state index is 0.365. The van der Waals surface area contributed by atoms with Gasteiger partial charge in [-0.05, 0) is 44.8 Å². The maximum Gasteiger partial charge on any atom is 0.293 e. The largest absolute Gasteiger partial charge is 0.463 e. The van der Waals surface area contributed by atoms with Crippen LogP contribution in [0.3, 0.4) is 0 Å². The van der Waals surface area contributed by atoms with Crippen molar-refractivity contribution < 1.29 is 9.53 Å². The van der Waals surface area contributed by atoms with Gasteiger partial charge in [0, 0.05) is 0 Å². The molecule has 1 fully saturated rings. The van der Waals surface area contributed by atoms with Gasteiger partial charge in [0.2, 0.25) is 0 Å². The van der Waals surface area contributed by atoms with Gasteiger partial charge in [0.05, 0.1) is 0 Å². The quantitative estimate of drug-likeness (QED) is 0.675. The third kappa shape index (κ3) is 9.07. The predicted molar refractivity (Wildman–Crippen MR) is 78.9 cm³/mol. The van der Waals surface area contributed by atoms with Crippen LogP contribution in [0.1, 0.15) is 18.4 Å². The van der Waals surface area contributed by atoms with Gasteiger partial charge in [0.1, 0.15) is 6.61 Å². The van der Waals surface area contributed by atoms with E-state index in [0.717, 1.165) is 5.56 Å².